The third-order valence-electron chi connectivity index (χ3n) is 2.21. The van der Waals surface area contributed by atoms with Crippen LogP contribution in [0.1, 0.15) is 6.42 Å². The third-order valence-corrected chi connectivity index (χ3v) is 3.20. The molecule has 0 atom stereocenters. The van der Waals surface area contributed by atoms with Crippen LogP contribution < -0.4 is 15.4 Å². The smallest absolute Gasteiger partial charge is 0.166 e. The van der Waals surface area contributed by atoms with Gasteiger partial charge in [0.05, 0.1) is 6.54 Å². The van der Waals surface area contributed by atoms with Gasteiger partial charge in [0.1, 0.15) is 12.4 Å². The average Bonchev–Trinajstić information content (AvgIpc) is 2.41. The Morgan fingerprint density at radius 3 is 2.67 bits per heavy atom. The number of benzene rings is 1. The molecular formula is C13H20N2OS2. The lowest BCUT2D eigenvalue weighted by Gasteiger charge is -2.11. The molecule has 0 saturated heterocycles. The molecule has 0 radical (unpaired) electrons. The predicted molar refractivity (Wildman–Crippen MR) is 83.5 cm³/mol. The fourth-order valence-corrected chi connectivity index (χ4v) is 1.97. The zero-order valence-corrected chi connectivity index (χ0v) is 12.3. The van der Waals surface area contributed by atoms with Gasteiger partial charge in [-0.1, -0.05) is 18.2 Å². The topological polar surface area (TPSA) is 33.3 Å². The highest BCUT2D eigenvalue weighted by Gasteiger charge is 1.95. The summed E-state index contributed by atoms with van der Waals surface area (Å²) in [5.74, 6) is 2.05. The number of rotatable bonds is 8. The number of hydrogen-bond donors (Lipinski definition) is 2. The van der Waals surface area contributed by atoms with E-state index in [1.807, 2.05) is 42.1 Å². The molecule has 0 aromatic heterocycles. The quantitative estimate of drug-likeness (QED) is 0.565. The van der Waals surface area contributed by atoms with Crippen molar-refractivity contribution in [2.75, 3.05) is 31.7 Å². The first-order valence-corrected chi connectivity index (χ1v) is 7.81. The molecule has 0 saturated carbocycles. The molecule has 0 unspecified atom stereocenters. The second-order valence-corrected chi connectivity index (χ2v) is 5.08. The Balaban J connectivity index is 1.99. The largest absolute Gasteiger partial charge is 0.492 e. The molecule has 0 fully saturated rings. The van der Waals surface area contributed by atoms with Gasteiger partial charge < -0.3 is 15.4 Å². The van der Waals surface area contributed by atoms with E-state index in [9.17, 15) is 0 Å². The number of para-hydroxylation sites is 1. The van der Waals surface area contributed by atoms with E-state index >= 15 is 0 Å². The van der Waals surface area contributed by atoms with Crippen molar-refractivity contribution < 1.29 is 4.74 Å². The van der Waals surface area contributed by atoms with Gasteiger partial charge in [0.2, 0.25) is 0 Å². The molecule has 3 nitrogen and oxygen atoms in total. The summed E-state index contributed by atoms with van der Waals surface area (Å²) in [6.07, 6.45) is 3.24. The van der Waals surface area contributed by atoms with Crippen molar-refractivity contribution >= 4 is 29.1 Å². The average molecular weight is 284 g/mol. The Hall–Kier alpha value is -0.940. The Morgan fingerprint density at radius 2 is 1.94 bits per heavy atom. The van der Waals surface area contributed by atoms with Crippen LogP contribution in [0.25, 0.3) is 0 Å². The van der Waals surface area contributed by atoms with Crippen LogP contribution in [-0.2, 0) is 0 Å². The maximum absolute atomic E-state index is 5.55. The summed E-state index contributed by atoms with van der Waals surface area (Å²) in [5.41, 5.74) is 0. The lowest BCUT2D eigenvalue weighted by atomic mass is 10.3. The van der Waals surface area contributed by atoms with E-state index in [4.69, 9.17) is 17.0 Å². The Labute approximate surface area is 119 Å². The zero-order chi connectivity index (χ0) is 13.1. The molecule has 100 valence electrons. The number of ether oxygens (including phenoxy) is 1. The van der Waals surface area contributed by atoms with E-state index in [2.05, 4.69) is 16.9 Å². The molecule has 1 rings (SSSR count). The highest BCUT2D eigenvalue weighted by atomic mass is 32.2. The summed E-state index contributed by atoms with van der Waals surface area (Å²) < 4.78 is 5.55. The van der Waals surface area contributed by atoms with E-state index in [0.717, 1.165) is 24.5 Å². The van der Waals surface area contributed by atoms with Crippen LogP contribution in [0.4, 0.5) is 0 Å². The minimum Gasteiger partial charge on any atom is -0.492 e. The van der Waals surface area contributed by atoms with Crippen LogP contribution in [-0.4, -0.2) is 36.8 Å². The van der Waals surface area contributed by atoms with Gasteiger partial charge in [-0.05, 0) is 42.8 Å². The third kappa shape index (κ3) is 7.40. The first kappa shape index (κ1) is 15.1. The van der Waals surface area contributed by atoms with Crippen molar-refractivity contribution in [3.8, 4) is 5.75 Å². The molecule has 0 aliphatic heterocycles. The highest BCUT2D eigenvalue weighted by Crippen LogP contribution is 2.07. The van der Waals surface area contributed by atoms with Crippen LogP contribution in [0.15, 0.2) is 30.3 Å². The normalized spacial score (nSPS) is 9.83. The molecule has 0 heterocycles. The number of hydrogen-bond acceptors (Lipinski definition) is 3. The van der Waals surface area contributed by atoms with Crippen molar-refractivity contribution in [3.63, 3.8) is 0 Å². The summed E-state index contributed by atoms with van der Waals surface area (Å²) >= 11 is 7.00. The monoisotopic (exact) mass is 284 g/mol. The molecule has 18 heavy (non-hydrogen) atoms. The van der Waals surface area contributed by atoms with E-state index < -0.39 is 0 Å². The van der Waals surface area contributed by atoms with Crippen molar-refractivity contribution in [2.24, 2.45) is 0 Å². The van der Waals surface area contributed by atoms with E-state index in [1.165, 1.54) is 0 Å². The fraction of sp³-hybridized carbons (Fsp3) is 0.462. The first-order valence-electron chi connectivity index (χ1n) is 6.01. The van der Waals surface area contributed by atoms with Crippen LogP contribution in [0.5, 0.6) is 5.75 Å². The molecule has 0 amide bonds. The van der Waals surface area contributed by atoms with Gasteiger partial charge in [-0.15, -0.1) is 0 Å². The van der Waals surface area contributed by atoms with Gasteiger partial charge in [-0.2, -0.15) is 11.8 Å². The van der Waals surface area contributed by atoms with Crippen LogP contribution in [0.3, 0.4) is 0 Å². The van der Waals surface area contributed by atoms with Gasteiger partial charge in [0.15, 0.2) is 5.11 Å². The minimum absolute atomic E-state index is 0.608. The molecular weight excluding hydrogens is 264 g/mol. The summed E-state index contributed by atoms with van der Waals surface area (Å²) in [7, 11) is 0. The molecule has 5 heteroatoms. The summed E-state index contributed by atoms with van der Waals surface area (Å²) in [6, 6.07) is 9.78. The number of nitrogens with one attached hydrogen (secondary N) is 2. The van der Waals surface area contributed by atoms with Crippen molar-refractivity contribution in [2.45, 2.75) is 6.42 Å². The molecule has 0 aliphatic rings. The van der Waals surface area contributed by atoms with Gasteiger partial charge in [-0.25, -0.2) is 0 Å². The maximum atomic E-state index is 5.55. The van der Waals surface area contributed by atoms with Crippen LogP contribution in [0.2, 0.25) is 0 Å². The maximum Gasteiger partial charge on any atom is 0.166 e. The van der Waals surface area contributed by atoms with E-state index in [1.54, 1.807) is 0 Å². The highest BCUT2D eigenvalue weighted by molar-refractivity contribution is 7.98. The second kappa shape index (κ2) is 10.0. The SMILES string of the molecule is CSCCCNC(=S)NCCOc1ccccc1. The minimum atomic E-state index is 0.608. The first-order chi connectivity index (χ1) is 8.83. The fourth-order valence-electron chi connectivity index (χ4n) is 1.33. The lowest BCUT2D eigenvalue weighted by Crippen LogP contribution is -2.38. The Kier molecular flexibility index (Phi) is 8.42. The zero-order valence-electron chi connectivity index (χ0n) is 10.6. The second-order valence-electron chi connectivity index (χ2n) is 3.69. The van der Waals surface area contributed by atoms with Crippen molar-refractivity contribution in [1.29, 1.82) is 0 Å². The molecule has 2 N–H and O–H groups in total. The summed E-state index contributed by atoms with van der Waals surface area (Å²) in [5, 5.41) is 6.99. The Morgan fingerprint density at radius 1 is 1.22 bits per heavy atom. The standard InChI is InChI=1S/C13H20N2OS2/c1-18-11-5-8-14-13(17)15-9-10-16-12-6-3-2-4-7-12/h2-4,6-7H,5,8-11H2,1H3,(H2,14,15,17). The lowest BCUT2D eigenvalue weighted by molar-refractivity contribution is 0.322. The van der Waals surface area contributed by atoms with Gasteiger partial charge >= 0.3 is 0 Å². The number of thiocarbonyl (C=S) groups is 1. The molecule has 0 spiro atoms. The summed E-state index contributed by atoms with van der Waals surface area (Å²) in [4.78, 5) is 0. The van der Waals surface area contributed by atoms with Gasteiger partial charge in [0.25, 0.3) is 0 Å². The molecule has 0 aliphatic carbocycles. The number of thioether (sulfide) groups is 1. The van der Waals surface area contributed by atoms with Crippen LogP contribution in [0, 0.1) is 0 Å². The van der Waals surface area contributed by atoms with E-state index in [-0.39, 0.29) is 0 Å². The molecule has 0 bridgehead atoms. The molecule has 1 aromatic carbocycles. The van der Waals surface area contributed by atoms with Crippen molar-refractivity contribution in [1.82, 2.24) is 10.6 Å². The molecule has 1 aromatic rings. The van der Waals surface area contributed by atoms with Gasteiger partial charge in [0, 0.05) is 6.54 Å². The van der Waals surface area contributed by atoms with E-state index in [0.29, 0.717) is 18.3 Å². The van der Waals surface area contributed by atoms with Gasteiger partial charge in [-0.3, -0.25) is 0 Å². The van der Waals surface area contributed by atoms with Crippen molar-refractivity contribution in [3.05, 3.63) is 30.3 Å². The summed E-state index contributed by atoms with van der Waals surface area (Å²) in [6.45, 7) is 2.24. The Bertz CT molecular complexity index is 333. The predicted octanol–water partition coefficient (Wildman–Crippen LogP) is 2.28. The van der Waals surface area contributed by atoms with Crippen LogP contribution >= 0.6 is 24.0 Å².